The van der Waals surface area contributed by atoms with E-state index in [0.29, 0.717) is 17.0 Å². The highest BCUT2D eigenvalue weighted by atomic mass is 32.2. The normalized spacial score (nSPS) is 13.9. The Bertz CT molecular complexity index is 1250. The number of para-hydroxylation sites is 1. The van der Waals surface area contributed by atoms with E-state index < -0.39 is 0 Å². The van der Waals surface area contributed by atoms with E-state index in [0.717, 1.165) is 53.8 Å². The minimum atomic E-state index is -0.000124. The summed E-state index contributed by atoms with van der Waals surface area (Å²) in [6.07, 6.45) is 5.48. The second kappa shape index (κ2) is 11.3. The van der Waals surface area contributed by atoms with Gasteiger partial charge in [0.05, 0.1) is 16.8 Å². The fraction of sp³-hybridized carbons (Fsp3) is 0.536. The average Bonchev–Trinajstić information content (AvgIpc) is 2.98. The van der Waals surface area contributed by atoms with Gasteiger partial charge < -0.3 is 4.90 Å². The molecule has 2 heterocycles. The molecule has 0 spiro atoms. The first-order chi connectivity index (χ1) is 16.8. The van der Waals surface area contributed by atoms with Gasteiger partial charge in [-0.2, -0.15) is 0 Å². The Morgan fingerprint density at radius 2 is 1.77 bits per heavy atom. The van der Waals surface area contributed by atoms with Crippen LogP contribution < -0.4 is 5.56 Å². The summed E-state index contributed by atoms with van der Waals surface area (Å²) >= 11 is 3.06. The monoisotopic (exact) mass is 511 g/mol. The predicted octanol–water partition coefficient (Wildman–Crippen LogP) is 6.26. The lowest BCUT2D eigenvalue weighted by Gasteiger charge is -2.26. The lowest BCUT2D eigenvalue weighted by molar-refractivity contribution is -0.129. The zero-order valence-corrected chi connectivity index (χ0v) is 23.2. The second-order valence-electron chi connectivity index (χ2n) is 10.4. The molecule has 0 bridgehead atoms. The number of carbonyl (C=O) groups excluding carboxylic acids is 1. The molecule has 0 unspecified atom stereocenters. The quantitative estimate of drug-likeness (QED) is 0.204. The Kier molecular flexibility index (Phi) is 8.38. The maximum Gasteiger partial charge on any atom is 0.267 e. The summed E-state index contributed by atoms with van der Waals surface area (Å²) in [5, 5.41) is 1.39. The van der Waals surface area contributed by atoms with Crippen molar-refractivity contribution in [3.8, 4) is 5.69 Å². The van der Waals surface area contributed by atoms with Gasteiger partial charge in [0.1, 0.15) is 4.83 Å². The molecular weight excluding hydrogens is 474 g/mol. The van der Waals surface area contributed by atoms with Crippen molar-refractivity contribution in [2.24, 2.45) is 11.8 Å². The summed E-state index contributed by atoms with van der Waals surface area (Å²) in [7, 11) is 0. The summed E-state index contributed by atoms with van der Waals surface area (Å²) in [6.45, 7) is 12.1. The van der Waals surface area contributed by atoms with Crippen LogP contribution in [-0.2, 0) is 17.6 Å². The largest absolute Gasteiger partial charge is 0.341 e. The molecular formula is C28H37N3O2S2. The zero-order chi connectivity index (χ0) is 25.1. The molecule has 0 fully saturated rings. The number of benzene rings is 1. The van der Waals surface area contributed by atoms with E-state index in [4.69, 9.17) is 4.98 Å². The Morgan fingerprint density at radius 1 is 1.09 bits per heavy atom. The Morgan fingerprint density at radius 3 is 2.46 bits per heavy atom. The van der Waals surface area contributed by atoms with Gasteiger partial charge in [0, 0.05) is 18.0 Å². The molecule has 35 heavy (non-hydrogen) atoms. The fourth-order valence-corrected chi connectivity index (χ4v) is 7.07. The van der Waals surface area contributed by atoms with Crippen LogP contribution in [0.3, 0.4) is 0 Å². The number of thiophene rings is 1. The van der Waals surface area contributed by atoms with Gasteiger partial charge in [0.25, 0.3) is 5.56 Å². The Hall–Kier alpha value is -2.12. The third-order valence-electron chi connectivity index (χ3n) is 6.41. The lowest BCUT2D eigenvalue weighted by atomic mass is 10.1. The first-order valence-electron chi connectivity index (χ1n) is 12.8. The number of amides is 1. The maximum absolute atomic E-state index is 14.0. The summed E-state index contributed by atoms with van der Waals surface area (Å²) in [4.78, 5) is 36.4. The van der Waals surface area contributed by atoms with Crippen LogP contribution in [0.15, 0.2) is 34.2 Å². The molecule has 0 atom stereocenters. The first-order valence-corrected chi connectivity index (χ1v) is 14.6. The number of carbonyl (C=O) groups is 1. The highest BCUT2D eigenvalue weighted by molar-refractivity contribution is 7.99. The van der Waals surface area contributed by atoms with E-state index in [-0.39, 0.29) is 17.2 Å². The molecule has 1 aliphatic rings. The minimum Gasteiger partial charge on any atom is -0.341 e. The third kappa shape index (κ3) is 5.83. The third-order valence-corrected chi connectivity index (χ3v) is 8.52. The van der Waals surface area contributed by atoms with E-state index in [1.54, 1.807) is 15.9 Å². The molecule has 0 radical (unpaired) electrons. The standard InChI is InChI=1S/C28H37N3O2S2/c1-18(2)15-30(16-19(3)4)24(32)17-34-28-29-26-25(21-12-7-6-8-14-23(21)35-26)27(33)31(28)22-13-10-9-11-20(22)5/h9-11,13,18-19H,6-8,12,14-17H2,1-5H3. The van der Waals surface area contributed by atoms with Crippen LogP contribution in [-0.4, -0.2) is 39.2 Å². The molecule has 0 saturated heterocycles. The van der Waals surface area contributed by atoms with Gasteiger partial charge in [0.15, 0.2) is 5.16 Å². The smallest absolute Gasteiger partial charge is 0.267 e. The van der Waals surface area contributed by atoms with Crippen LogP contribution in [0.5, 0.6) is 0 Å². The van der Waals surface area contributed by atoms with Gasteiger partial charge in [-0.15, -0.1) is 11.3 Å². The number of fused-ring (bicyclic) bond motifs is 3. The van der Waals surface area contributed by atoms with Gasteiger partial charge in [-0.25, -0.2) is 4.98 Å². The highest BCUT2D eigenvalue weighted by Gasteiger charge is 2.24. The van der Waals surface area contributed by atoms with Gasteiger partial charge in [-0.05, 0) is 61.6 Å². The van der Waals surface area contributed by atoms with Crippen molar-refractivity contribution in [2.75, 3.05) is 18.8 Å². The molecule has 1 aliphatic carbocycles. The predicted molar refractivity (Wildman–Crippen MR) is 148 cm³/mol. The Labute approximate surface area is 216 Å². The molecule has 3 aromatic rings. The van der Waals surface area contributed by atoms with Crippen molar-refractivity contribution in [3.63, 3.8) is 0 Å². The number of thioether (sulfide) groups is 1. The first kappa shape index (κ1) is 26.0. The van der Waals surface area contributed by atoms with E-state index in [1.165, 1.54) is 35.0 Å². The molecule has 1 aromatic carbocycles. The van der Waals surface area contributed by atoms with E-state index >= 15 is 0 Å². The van der Waals surface area contributed by atoms with Gasteiger partial charge in [-0.1, -0.05) is 64.1 Å². The van der Waals surface area contributed by atoms with Crippen LogP contribution in [0.2, 0.25) is 0 Å². The number of rotatable bonds is 8. The summed E-state index contributed by atoms with van der Waals surface area (Å²) in [5.74, 6) is 1.19. The maximum atomic E-state index is 14.0. The fourth-order valence-electron chi connectivity index (χ4n) is 4.86. The van der Waals surface area contributed by atoms with Crippen LogP contribution in [0, 0.1) is 18.8 Å². The van der Waals surface area contributed by atoms with E-state index in [2.05, 4.69) is 27.7 Å². The molecule has 4 rings (SSSR count). The molecule has 5 nitrogen and oxygen atoms in total. The highest BCUT2D eigenvalue weighted by Crippen LogP contribution is 2.35. The summed E-state index contributed by atoms with van der Waals surface area (Å²) < 4.78 is 1.75. The summed E-state index contributed by atoms with van der Waals surface area (Å²) in [6, 6.07) is 7.94. The molecule has 7 heteroatoms. The Balaban J connectivity index is 1.76. The minimum absolute atomic E-state index is 0.000124. The second-order valence-corrected chi connectivity index (χ2v) is 12.5. The average molecular weight is 512 g/mol. The van der Waals surface area contributed by atoms with Crippen LogP contribution >= 0.6 is 23.1 Å². The van der Waals surface area contributed by atoms with E-state index in [9.17, 15) is 9.59 Å². The molecule has 188 valence electrons. The van der Waals surface area contributed by atoms with Crippen LogP contribution in [0.25, 0.3) is 15.9 Å². The van der Waals surface area contributed by atoms with Gasteiger partial charge >= 0.3 is 0 Å². The molecule has 0 saturated carbocycles. The molecule has 2 aromatic heterocycles. The molecule has 1 amide bonds. The van der Waals surface area contributed by atoms with Crippen molar-refractivity contribution >= 4 is 39.2 Å². The van der Waals surface area contributed by atoms with Crippen molar-refractivity contribution in [2.45, 2.75) is 71.9 Å². The number of aryl methyl sites for hydroxylation is 3. The zero-order valence-electron chi connectivity index (χ0n) is 21.6. The topological polar surface area (TPSA) is 55.2 Å². The van der Waals surface area contributed by atoms with Crippen molar-refractivity contribution in [3.05, 3.63) is 50.6 Å². The number of hydrogen-bond acceptors (Lipinski definition) is 5. The number of hydrogen-bond donors (Lipinski definition) is 0. The number of aromatic nitrogens is 2. The van der Waals surface area contributed by atoms with E-state index in [1.807, 2.05) is 36.1 Å². The van der Waals surface area contributed by atoms with Crippen LogP contribution in [0.4, 0.5) is 0 Å². The summed E-state index contributed by atoms with van der Waals surface area (Å²) in [5.41, 5.74) is 3.07. The van der Waals surface area contributed by atoms with Crippen molar-refractivity contribution in [1.82, 2.24) is 14.5 Å². The molecule has 0 N–H and O–H groups in total. The lowest BCUT2D eigenvalue weighted by Crippen LogP contribution is -2.38. The van der Waals surface area contributed by atoms with Crippen LogP contribution in [0.1, 0.15) is 63.0 Å². The van der Waals surface area contributed by atoms with Crippen molar-refractivity contribution in [1.29, 1.82) is 0 Å². The SMILES string of the molecule is Cc1ccccc1-n1c(SCC(=O)N(CC(C)C)CC(C)C)nc2sc3c(c2c1=O)CCCCC3. The van der Waals surface area contributed by atoms with Gasteiger partial charge in [-0.3, -0.25) is 14.2 Å². The van der Waals surface area contributed by atoms with Gasteiger partial charge in [0.2, 0.25) is 5.91 Å². The molecule has 0 aliphatic heterocycles. The number of nitrogens with zero attached hydrogens (tertiary/aromatic N) is 3. The van der Waals surface area contributed by atoms with Crippen molar-refractivity contribution < 1.29 is 4.79 Å².